The van der Waals surface area contributed by atoms with Gasteiger partial charge in [-0.25, -0.2) is 4.39 Å². The first-order valence-electron chi connectivity index (χ1n) is 7.17. The van der Waals surface area contributed by atoms with Gasteiger partial charge in [0.1, 0.15) is 5.82 Å². The molecule has 0 bridgehead atoms. The van der Waals surface area contributed by atoms with Crippen molar-refractivity contribution in [1.29, 1.82) is 0 Å². The molecule has 1 aliphatic rings. The van der Waals surface area contributed by atoms with Gasteiger partial charge in [0.15, 0.2) is 5.84 Å². The first-order valence-corrected chi connectivity index (χ1v) is 7.17. The van der Waals surface area contributed by atoms with Gasteiger partial charge in [0.25, 0.3) is 0 Å². The number of rotatable bonds is 4. The van der Waals surface area contributed by atoms with Crippen molar-refractivity contribution in [2.24, 2.45) is 10.9 Å². The molecular weight excluding hydrogens is 273 g/mol. The molecule has 1 aromatic carbocycles. The lowest BCUT2D eigenvalue weighted by Gasteiger charge is -2.38. The second kappa shape index (κ2) is 6.87. The quantitative estimate of drug-likeness (QED) is 0.385. The summed E-state index contributed by atoms with van der Waals surface area (Å²) in [6, 6.07) is 4.97. The summed E-state index contributed by atoms with van der Waals surface area (Å²) in [4.78, 5) is 2.25. The lowest BCUT2D eigenvalue weighted by atomic mass is 10.1. The molecule has 1 heterocycles. The molecule has 3 N–H and O–H groups in total. The Kier molecular flexibility index (Phi) is 5.14. The van der Waals surface area contributed by atoms with Crippen molar-refractivity contribution in [3.8, 4) is 0 Å². The number of nitrogens with zero attached hydrogens (tertiary/aromatic N) is 2. The number of ether oxygens (including phenoxy) is 1. The van der Waals surface area contributed by atoms with Crippen LogP contribution >= 0.6 is 0 Å². The Balaban J connectivity index is 2.15. The van der Waals surface area contributed by atoms with E-state index in [1.165, 1.54) is 6.07 Å². The number of hydrogen-bond acceptors (Lipinski definition) is 4. The van der Waals surface area contributed by atoms with Crippen LogP contribution in [0.4, 0.5) is 4.39 Å². The zero-order valence-corrected chi connectivity index (χ0v) is 12.4. The monoisotopic (exact) mass is 295 g/mol. The lowest BCUT2D eigenvalue weighted by molar-refractivity contribution is -0.0595. The normalized spacial score (nSPS) is 24.2. The van der Waals surface area contributed by atoms with E-state index in [9.17, 15) is 4.39 Å². The minimum Gasteiger partial charge on any atom is -0.409 e. The highest BCUT2D eigenvalue weighted by molar-refractivity contribution is 5.97. The molecule has 116 valence electrons. The predicted octanol–water partition coefficient (Wildman–Crippen LogP) is 1.92. The summed E-state index contributed by atoms with van der Waals surface area (Å²) in [5.74, 6) is -0.431. The molecular formula is C15H22FN3O2. The summed E-state index contributed by atoms with van der Waals surface area (Å²) in [7, 11) is 0. The molecule has 2 atom stereocenters. The summed E-state index contributed by atoms with van der Waals surface area (Å²) >= 11 is 0. The fourth-order valence-corrected chi connectivity index (χ4v) is 2.59. The van der Waals surface area contributed by atoms with Crippen LogP contribution < -0.4 is 5.73 Å². The van der Waals surface area contributed by atoms with E-state index >= 15 is 0 Å². The number of halogens is 1. The molecule has 1 saturated heterocycles. The second-order valence-electron chi connectivity index (χ2n) is 5.43. The maximum Gasteiger partial charge on any atom is 0.170 e. The Morgan fingerprint density at radius 2 is 2.33 bits per heavy atom. The van der Waals surface area contributed by atoms with Gasteiger partial charge >= 0.3 is 0 Å². The number of nitrogens with two attached hydrogens (primary N) is 1. The van der Waals surface area contributed by atoms with Gasteiger partial charge in [0.2, 0.25) is 0 Å². The zero-order chi connectivity index (χ0) is 15.4. The van der Waals surface area contributed by atoms with E-state index in [0.717, 1.165) is 13.0 Å². The van der Waals surface area contributed by atoms with Crippen LogP contribution in [-0.2, 0) is 11.3 Å². The van der Waals surface area contributed by atoms with Gasteiger partial charge in [-0.2, -0.15) is 0 Å². The minimum atomic E-state index is -0.340. The molecule has 1 fully saturated rings. The number of amidine groups is 1. The van der Waals surface area contributed by atoms with Crippen molar-refractivity contribution in [3.63, 3.8) is 0 Å². The van der Waals surface area contributed by atoms with Crippen LogP contribution in [0.15, 0.2) is 23.4 Å². The number of morpholine rings is 1. The van der Waals surface area contributed by atoms with E-state index in [2.05, 4.69) is 17.0 Å². The largest absolute Gasteiger partial charge is 0.409 e. The van der Waals surface area contributed by atoms with Crippen LogP contribution in [0.2, 0.25) is 0 Å². The van der Waals surface area contributed by atoms with E-state index in [4.69, 9.17) is 15.7 Å². The van der Waals surface area contributed by atoms with Gasteiger partial charge in [-0.05, 0) is 19.4 Å². The average molecular weight is 295 g/mol. The highest BCUT2D eigenvalue weighted by Gasteiger charge is 2.26. The third kappa shape index (κ3) is 3.71. The zero-order valence-electron chi connectivity index (χ0n) is 12.4. The summed E-state index contributed by atoms with van der Waals surface area (Å²) in [6.07, 6.45) is 1.13. The van der Waals surface area contributed by atoms with Crippen molar-refractivity contribution in [1.82, 2.24) is 4.90 Å². The highest BCUT2D eigenvalue weighted by atomic mass is 19.1. The van der Waals surface area contributed by atoms with Gasteiger partial charge < -0.3 is 15.7 Å². The van der Waals surface area contributed by atoms with E-state index in [0.29, 0.717) is 30.3 Å². The second-order valence-corrected chi connectivity index (χ2v) is 5.43. The first-order chi connectivity index (χ1) is 10.0. The first kappa shape index (κ1) is 15.7. The van der Waals surface area contributed by atoms with Gasteiger partial charge in [0, 0.05) is 30.3 Å². The minimum absolute atomic E-state index is 0.0909. The highest BCUT2D eigenvalue weighted by Crippen LogP contribution is 2.20. The van der Waals surface area contributed by atoms with Crippen LogP contribution in [0, 0.1) is 5.82 Å². The van der Waals surface area contributed by atoms with Crippen LogP contribution in [0.1, 0.15) is 31.4 Å². The lowest BCUT2D eigenvalue weighted by Crippen LogP contribution is -2.48. The number of benzene rings is 1. The van der Waals surface area contributed by atoms with Crippen molar-refractivity contribution in [2.45, 2.75) is 39.0 Å². The molecule has 0 amide bonds. The molecule has 1 aromatic rings. The molecule has 0 saturated carbocycles. The molecule has 6 heteroatoms. The van der Waals surface area contributed by atoms with Crippen LogP contribution in [0.3, 0.4) is 0 Å². The average Bonchev–Trinajstić information content (AvgIpc) is 2.48. The van der Waals surface area contributed by atoms with Crippen LogP contribution in [0.5, 0.6) is 0 Å². The third-order valence-electron chi connectivity index (χ3n) is 3.88. The van der Waals surface area contributed by atoms with E-state index < -0.39 is 0 Å². The Labute approximate surface area is 124 Å². The predicted molar refractivity (Wildman–Crippen MR) is 78.8 cm³/mol. The summed E-state index contributed by atoms with van der Waals surface area (Å²) in [5.41, 5.74) is 6.45. The maximum atomic E-state index is 14.2. The Morgan fingerprint density at radius 3 is 2.95 bits per heavy atom. The van der Waals surface area contributed by atoms with Crippen molar-refractivity contribution < 1.29 is 14.3 Å². The molecule has 5 nitrogen and oxygen atoms in total. The van der Waals surface area contributed by atoms with Crippen LogP contribution in [0.25, 0.3) is 0 Å². The summed E-state index contributed by atoms with van der Waals surface area (Å²) < 4.78 is 19.8. The molecule has 0 aliphatic carbocycles. The SMILES string of the molecule is CCC1COC(C)CN1Cc1ccc(C(N)=NO)cc1F. The molecule has 0 radical (unpaired) electrons. The topological polar surface area (TPSA) is 71.1 Å². The standard InChI is InChI=1S/C15H22FN3O2/c1-3-13-9-21-10(2)7-19(13)8-12-5-4-11(6-14(12)16)15(17)18-20/h4-6,10,13,20H,3,7-9H2,1-2H3,(H2,17,18). The van der Waals surface area contributed by atoms with Gasteiger partial charge in [-0.1, -0.05) is 24.2 Å². The number of hydrogen-bond donors (Lipinski definition) is 2. The Hall–Kier alpha value is -1.66. The molecule has 2 unspecified atom stereocenters. The molecule has 1 aliphatic heterocycles. The van der Waals surface area contributed by atoms with E-state index in [1.807, 2.05) is 6.92 Å². The molecule has 21 heavy (non-hydrogen) atoms. The van der Waals surface area contributed by atoms with E-state index in [1.54, 1.807) is 12.1 Å². The smallest absolute Gasteiger partial charge is 0.170 e. The van der Waals surface area contributed by atoms with Gasteiger partial charge in [-0.3, -0.25) is 4.90 Å². The molecule has 0 spiro atoms. The van der Waals surface area contributed by atoms with Crippen molar-refractivity contribution in [3.05, 3.63) is 35.1 Å². The fraction of sp³-hybridized carbons (Fsp3) is 0.533. The fourth-order valence-electron chi connectivity index (χ4n) is 2.59. The van der Waals surface area contributed by atoms with Crippen LogP contribution in [-0.4, -0.2) is 41.2 Å². The van der Waals surface area contributed by atoms with Gasteiger partial charge in [0.05, 0.1) is 12.7 Å². The summed E-state index contributed by atoms with van der Waals surface area (Å²) in [5, 5.41) is 11.5. The molecule has 2 rings (SSSR count). The third-order valence-corrected chi connectivity index (χ3v) is 3.88. The van der Waals surface area contributed by atoms with Gasteiger partial charge in [-0.15, -0.1) is 0 Å². The van der Waals surface area contributed by atoms with Crippen molar-refractivity contribution >= 4 is 5.84 Å². The molecule has 0 aromatic heterocycles. The maximum absolute atomic E-state index is 14.2. The van der Waals surface area contributed by atoms with E-state index in [-0.39, 0.29) is 17.8 Å². The summed E-state index contributed by atoms with van der Waals surface area (Å²) in [6.45, 7) is 6.14. The Bertz CT molecular complexity index is 522. The number of oxime groups is 1. The Morgan fingerprint density at radius 1 is 1.57 bits per heavy atom. The van der Waals surface area contributed by atoms with Crippen molar-refractivity contribution in [2.75, 3.05) is 13.2 Å².